The Kier molecular flexibility index (Phi) is 4.59. The molecule has 0 aromatic heterocycles. The smallest absolute Gasteiger partial charge is 0.307 e. The number of anilines is 1. The third-order valence-corrected chi connectivity index (χ3v) is 3.31. The highest BCUT2D eigenvalue weighted by Crippen LogP contribution is 2.27. The normalized spacial score (nSPS) is 10.5. The average Bonchev–Trinajstić information content (AvgIpc) is 2.41. The van der Waals surface area contributed by atoms with Crippen molar-refractivity contribution in [1.29, 1.82) is 0 Å². The molecular weight excluding hydrogens is 325 g/mol. The van der Waals surface area contributed by atoms with Crippen LogP contribution in [0.5, 0.6) is 0 Å². The lowest BCUT2D eigenvalue weighted by Crippen LogP contribution is -2.04. The van der Waals surface area contributed by atoms with Crippen LogP contribution in [0, 0.1) is 21.7 Å². The maximum absolute atomic E-state index is 13.6. The van der Waals surface area contributed by atoms with E-state index in [-0.39, 0.29) is 12.2 Å². The number of rotatable bonds is 4. The monoisotopic (exact) mass is 332 g/mol. The van der Waals surface area contributed by atoms with Gasteiger partial charge in [0.15, 0.2) is 0 Å². The zero-order chi connectivity index (χ0) is 15.6. The molecule has 21 heavy (non-hydrogen) atoms. The van der Waals surface area contributed by atoms with Crippen LogP contribution in [0.25, 0.3) is 0 Å². The number of nitrogens with zero attached hydrogens (tertiary/aromatic N) is 1. The Morgan fingerprint density at radius 1 is 1.14 bits per heavy atom. The third kappa shape index (κ3) is 3.59. The van der Waals surface area contributed by atoms with Crippen molar-refractivity contribution >= 4 is 34.6 Å². The molecule has 0 fully saturated rings. The fourth-order valence-electron chi connectivity index (χ4n) is 1.68. The summed E-state index contributed by atoms with van der Waals surface area (Å²) in [5.74, 6) is -2.17. The summed E-state index contributed by atoms with van der Waals surface area (Å²) in [5, 5.41) is 14.1. The van der Waals surface area contributed by atoms with Gasteiger partial charge in [-0.05, 0) is 23.8 Å². The van der Waals surface area contributed by atoms with Crippen LogP contribution in [0.4, 0.5) is 20.2 Å². The molecule has 2 rings (SSSR count). The first-order valence-corrected chi connectivity index (χ1v) is 6.45. The van der Waals surface area contributed by atoms with Crippen LogP contribution in [0.15, 0.2) is 30.3 Å². The SMILES string of the molecule is O=[N+]([O-])c1cc(NCc2cc(Cl)ccc2Cl)c(F)cc1F. The molecule has 0 unspecified atom stereocenters. The largest absolute Gasteiger partial charge is 0.378 e. The molecular formula is C13H8Cl2F2N2O2. The van der Waals surface area contributed by atoms with Gasteiger partial charge in [0.25, 0.3) is 0 Å². The summed E-state index contributed by atoms with van der Waals surface area (Å²) >= 11 is 11.8. The topological polar surface area (TPSA) is 55.2 Å². The number of nitro benzene ring substituents is 1. The molecule has 0 amide bonds. The van der Waals surface area contributed by atoms with Crippen molar-refractivity contribution < 1.29 is 13.7 Å². The highest BCUT2D eigenvalue weighted by Gasteiger charge is 2.18. The zero-order valence-corrected chi connectivity index (χ0v) is 11.9. The van der Waals surface area contributed by atoms with E-state index in [2.05, 4.69) is 5.32 Å². The van der Waals surface area contributed by atoms with E-state index in [0.29, 0.717) is 21.7 Å². The van der Waals surface area contributed by atoms with Crippen molar-refractivity contribution in [3.8, 4) is 0 Å². The number of halogens is 4. The molecule has 0 bridgehead atoms. The molecule has 0 radical (unpaired) electrons. The lowest BCUT2D eigenvalue weighted by molar-refractivity contribution is -0.387. The van der Waals surface area contributed by atoms with Crippen molar-refractivity contribution in [2.24, 2.45) is 0 Å². The molecule has 2 aromatic rings. The summed E-state index contributed by atoms with van der Waals surface area (Å²) < 4.78 is 26.8. The van der Waals surface area contributed by atoms with Crippen molar-refractivity contribution in [3.05, 3.63) is 67.7 Å². The van der Waals surface area contributed by atoms with Gasteiger partial charge in [-0.25, -0.2) is 4.39 Å². The molecule has 8 heteroatoms. The fraction of sp³-hybridized carbons (Fsp3) is 0.0769. The fourth-order valence-corrected chi connectivity index (χ4v) is 2.06. The molecule has 4 nitrogen and oxygen atoms in total. The summed E-state index contributed by atoms with van der Waals surface area (Å²) in [6.07, 6.45) is 0. The Morgan fingerprint density at radius 3 is 2.52 bits per heavy atom. The van der Waals surface area contributed by atoms with Crippen molar-refractivity contribution in [2.45, 2.75) is 6.54 Å². The van der Waals surface area contributed by atoms with E-state index in [1.807, 2.05) is 0 Å². The second-order valence-electron chi connectivity index (χ2n) is 4.13. The first kappa shape index (κ1) is 15.5. The molecule has 0 saturated carbocycles. The van der Waals surface area contributed by atoms with Gasteiger partial charge in [0.1, 0.15) is 5.82 Å². The van der Waals surface area contributed by atoms with Crippen molar-refractivity contribution in [1.82, 2.24) is 0 Å². The lowest BCUT2D eigenvalue weighted by atomic mass is 10.2. The molecule has 110 valence electrons. The highest BCUT2D eigenvalue weighted by molar-refractivity contribution is 6.33. The molecule has 0 atom stereocenters. The minimum Gasteiger partial charge on any atom is -0.378 e. The number of hydrogen-bond acceptors (Lipinski definition) is 3. The van der Waals surface area contributed by atoms with Gasteiger partial charge in [0.05, 0.1) is 10.6 Å². The lowest BCUT2D eigenvalue weighted by Gasteiger charge is -2.09. The standard InChI is InChI=1S/C13H8Cl2F2N2O2/c14-8-1-2-9(15)7(3-8)6-18-12-5-13(19(20)21)11(17)4-10(12)16/h1-5,18H,6H2. The zero-order valence-electron chi connectivity index (χ0n) is 10.4. The summed E-state index contributed by atoms with van der Waals surface area (Å²) in [6, 6.07) is 6.00. The average molecular weight is 333 g/mol. The van der Waals surface area contributed by atoms with Crippen LogP contribution >= 0.6 is 23.2 Å². The predicted octanol–water partition coefficient (Wildman–Crippen LogP) is 4.79. The minimum absolute atomic E-state index is 0.0824. The number of benzene rings is 2. The molecule has 2 aromatic carbocycles. The molecule has 0 aliphatic rings. The Balaban J connectivity index is 2.25. The van der Waals surface area contributed by atoms with Crippen LogP contribution in [-0.4, -0.2) is 4.92 Å². The van der Waals surface area contributed by atoms with Crippen molar-refractivity contribution in [2.75, 3.05) is 5.32 Å². The number of nitro groups is 1. The van der Waals surface area contributed by atoms with Gasteiger partial charge in [-0.15, -0.1) is 0 Å². The minimum atomic E-state index is -1.23. The van der Waals surface area contributed by atoms with E-state index in [0.717, 1.165) is 6.07 Å². The van der Waals surface area contributed by atoms with Gasteiger partial charge in [-0.2, -0.15) is 4.39 Å². The Labute approximate surface area is 128 Å². The quantitative estimate of drug-likeness (QED) is 0.646. The maximum Gasteiger partial charge on any atom is 0.307 e. The van der Waals surface area contributed by atoms with Gasteiger partial charge < -0.3 is 5.32 Å². The molecule has 0 aliphatic carbocycles. The second-order valence-corrected chi connectivity index (χ2v) is 4.97. The van der Waals surface area contributed by atoms with Crippen LogP contribution in [-0.2, 0) is 6.54 Å². The molecule has 1 N–H and O–H groups in total. The van der Waals surface area contributed by atoms with Gasteiger partial charge in [0, 0.05) is 28.7 Å². The van der Waals surface area contributed by atoms with Crippen molar-refractivity contribution in [3.63, 3.8) is 0 Å². The van der Waals surface area contributed by atoms with Crippen LogP contribution in [0.1, 0.15) is 5.56 Å². The maximum atomic E-state index is 13.6. The second kappa shape index (κ2) is 6.24. The highest BCUT2D eigenvalue weighted by atomic mass is 35.5. The van der Waals surface area contributed by atoms with E-state index in [9.17, 15) is 18.9 Å². The van der Waals surface area contributed by atoms with E-state index in [1.165, 1.54) is 0 Å². The number of hydrogen-bond donors (Lipinski definition) is 1. The van der Waals surface area contributed by atoms with E-state index in [4.69, 9.17) is 23.2 Å². The molecule has 0 heterocycles. The first-order chi connectivity index (χ1) is 9.88. The Bertz CT molecular complexity index is 711. The van der Waals surface area contributed by atoms with Gasteiger partial charge in [-0.3, -0.25) is 10.1 Å². The third-order valence-electron chi connectivity index (χ3n) is 2.71. The van der Waals surface area contributed by atoms with Crippen LogP contribution < -0.4 is 5.32 Å². The van der Waals surface area contributed by atoms with Gasteiger partial charge in [0.2, 0.25) is 5.82 Å². The van der Waals surface area contributed by atoms with E-state index in [1.54, 1.807) is 18.2 Å². The summed E-state index contributed by atoms with van der Waals surface area (Å²) in [5.41, 5.74) is -0.425. The molecule has 0 saturated heterocycles. The molecule has 0 aliphatic heterocycles. The summed E-state index contributed by atoms with van der Waals surface area (Å²) in [7, 11) is 0. The van der Waals surface area contributed by atoms with Crippen LogP contribution in [0.3, 0.4) is 0 Å². The Hall–Kier alpha value is -1.92. The van der Waals surface area contributed by atoms with Gasteiger partial charge in [-0.1, -0.05) is 23.2 Å². The first-order valence-electron chi connectivity index (χ1n) is 5.69. The predicted molar refractivity (Wildman–Crippen MR) is 76.8 cm³/mol. The van der Waals surface area contributed by atoms with E-state index < -0.39 is 22.2 Å². The van der Waals surface area contributed by atoms with E-state index >= 15 is 0 Å². The van der Waals surface area contributed by atoms with Gasteiger partial charge >= 0.3 is 5.69 Å². The number of nitrogens with one attached hydrogen (secondary N) is 1. The van der Waals surface area contributed by atoms with Crippen LogP contribution in [0.2, 0.25) is 10.0 Å². The summed E-state index contributed by atoms with van der Waals surface area (Å²) in [4.78, 5) is 9.71. The molecule has 0 spiro atoms. The summed E-state index contributed by atoms with van der Waals surface area (Å²) in [6.45, 7) is 0.0824. The Morgan fingerprint density at radius 2 is 1.86 bits per heavy atom.